The lowest BCUT2D eigenvalue weighted by Crippen LogP contribution is -2.09. The van der Waals surface area contributed by atoms with E-state index >= 15 is 0 Å². The average molecular weight is 625 g/mol. The van der Waals surface area contributed by atoms with Crippen LogP contribution in [0, 0.1) is 0 Å². The summed E-state index contributed by atoms with van der Waals surface area (Å²) >= 11 is 3.70. The Balaban J connectivity index is 1.17. The van der Waals surface area contributed by atoms with E-state index in [1.165, 1.54) is 40.3 Å². The zero-order valence-corrected chi connectivity index (χ0v) is 26.1. The number of oxazole rings is 1. The van der Waals surface area contributed by atoms with E-state index in [-0.39, 0.29) is 0 Å². The van der Waals surface area contributed by atoms with Gasteiger partial charge in [-0.25, -0.2) is 4.98 Å². The molecule has 3 heterocycles. The molecule has 0 bridgehead atoms. The Morgan fingerprint density at radius 1 is 0.457 bits per heavy atom. The number of thiophene rings is 2. The molecule has 0 aliphatic heterocycles. The summed E-state index contributed by atoms with van der Waals surface area (Å²) in [7, 11) is 0. The van der Waals surface area contributed by atoms with Crippen molar-refractivity contribution in [1.29, 1.82) is 0 Å². The number of anilines is 3. The van der Waals surface area contributed by atoms with E-state index in [1.807, 2.05) is 53.0 Å². The first-order valence-corrected chi connectivity index (χ1v) is 16.9. The highest BCUT2D eigenvalue weighted by molar-refractivity contribution is 7.26. The normalized spacial score (nSPS) is 11.9. The third-order valence-corrected chi connectivity index (χ3v) is 11.1. The van der Waals surface area contributed by atoms with Gasteiger partial charge in [-0.15, -0.1) is 22.7 Å². The molecule has 0 atom stereocenters. The van der Waals surface area contributed by atoms with Crippen LogP contribution in [0.15, 0.2) is 150 Å². The fourth-order valence-corrected chi connectivity index (χ4v) is 8.98. The Morgan fingerprint density at radius 2 is 1.00 bits per heavy atom. The molecule has 0 aliphatic rings. The molecule has 0 aliphatic carbocycles. The van der Waals surface area contributed by atoms with Gasteiger partial charge in [0.15, 0.2) is 5.58 Å². The summed E-state index contributed by atoms with van der Waals surface area (Å²) in [4.78, 5) is 7.19. The van der Waals surface area contributed by atoms with Crippen LogP contribution in [0.4, 0.5) is 17.1 Å². The molecular formula is C41H24N2OS2. The monoisotopic (exact) mass is 624 g/mol. The maximum absolute atomic E-state index is 6.37. The number of nitrogens with zero attached hydrogens (tertiary/aromatic N) is 2. The summed E-state index contributed by atoms with van der Waals surface area (Å²) in [5, 5.41) is 7.37. The third-order valence-electron chi connectivity index (χ3n) is 8.87. The molecule has 0 amide bonds. The van der Waals surface area contributed by atoms with Gasteiger partial charge in [0.25, 0.3) is 0 Å². The zero-order valence-electron chi connectivity index (χ0n) is 24.5. The lowest BCUT2D eigenvalue weighted by atomic mass is 10.1. The Morgan fingerprint density at radius 3 is 1.65 bits per heavy atom. The van der Waals surface area contributed by atoms with Gasteiger partial charge in [-0.1, -0.05) is 72.8 Å². The van der Waals surface area contributed by atoms with Gasteiger partial charge in [-0.2, -0.15) is 0 Å². The third kappa shape index (κ3) is 3.99. The van der Waals surface area contributed by atoms with Crippen LogP contribution in [0.3, 0.4) is 0 Å². The van der Waals surface area contributed by atoms with Gasteiger partial charge in [0.2, 0.25) is 5.89 Å². The smallest absolute Gasteiger partial charge is 0.227 e. The lowest BCUT2D eigenvalue weighted by molar-refractivity contribution is 0.623. The van der Waals surface area contributed by atoms with Crippen molar-refractivity contribution >= 4 is 102 Å². The number of benzene rings is 7. The fourth-order valence-electron chi connectivity index (χ4n) is 6.70. The maximum atomic E-state index is 6.37. The Labute approximate surface area is 272 Å². The van der Waals surface area contributed by atoms with Crippen LogP contribution in [0.2, 0.25) is 0 Å². The highest BCUT2D eigenvalue weighted by Crippen LogP contribution is 2.44. The van der Waals surface area contributed by atoms with Gasteiger partial charge in [0.1, 0.15) is 5.52 Å². The van der Waals surface area contributed by atoms with Crippen molar-refractivity contribution in [3.05, 3.63) is 146 Å². The van der Waals surface area contributed by atoms with Gasteiger partial charge in [0.05, 0.1) is 0 Å². The molecule has 0 N–H and O–H groups in total. The van der Waals surface area contributed by atoms with Gasteiger partial charge < -0.3 is 9.32 Å². The van der Waals surface area contributed by atoms with Crippen molar-refractivity contribution < 1.29 is 4.42 Å². The largest absolute Gasteiger partial charge is 0.435 e. The molecule has 0 saturated heterocycles. The Hall–Kier alpha value is -5.49. The number of hydrogen-bond acceptors (Lipinski definition) is 5. The molecule has 10 rings (SSSR count). The van der Waals surface area contributed by atoms with Crippen LogP contribution in [0.5, 0.6) is 0 Å². The second-order valence-electron chi connectivity index (χ2n) is 11.6. The number of fused-ring (bicyclic) bond motifs is 9. The van der Waals surface area contributed by atoms with E-state index in [2.05, 4.69) is 120 Å². The molecule has 7 aromatic carbocycles. The Kier molecular flexibility index (Phi) is 5.61. The summed E-state index contributed by atoms with van der Waals surface area (Å²) in [5.41, 5.74) is 6.00. The van der Waals surface area contributed by atoms with Crippen molar-refractivity contribution in [2.24, 2.45) is 0 Å². The van der Waals surface area contributed by atoms with E-state index in [9.17, 15) is 0 Å². The topological polar surface area (TPSA) is 29.3 Å². The zero-order chi connectivity index (χ0) is 30.2. The minimum atomic E-state index is 0.641. The first-order chi connectivity index (χ1) is 22.8. The lowest BCUT2D eigenvalue weighted by Gasteiger charge is -2.26. The first kappa shape index (κ1) is 25.8. The molecule has 0 radical (unpaired) electrons. The molecule has 216 valence electrons. The van der Waals surface area contributed by atoms with Crippen molar-refractivity contribution in [3.8, 4) is 11.5 Å². The summed E-state index contributed by atoms with van der Waals surface area (Å²) in [5.74, 6) is 0.641. The fraction of sp³-hybridized carbons (Fsp3) is 0. The van der Waals surface area contributed by atoms with Crippen molar-refractivity contribution in [2.75, 3.05) is 4.90 Å². The molecule has 0 unspecified atom stereocenters. The predicted octanol–water partition coefficient (Wildman–Crippen LogP) is 12.9. The van der Waals surface area contributed by atoms with Crippen LogP contribution in [-0.2, 0) is 0 Å². The summed E-state index contributed by atoms with van der Waals surface area (Å²) in [6.07, 6.45) is 0. The summed E-state index contributed by atoms with van der Waals surface area (Å²) < 4.78 is 11.6. The minimum absolute atomic E-state index is 0.641. The van der Waals surface area contributed by atoms with Crippen LogP contribution < -0.4 is 4.90 Å². The van der Waals surface area contributed by atoms with E-state index in [4.69, 9.17) is 9.40 Å². The van der Waals surface area contributed by atoms with Crippen LogP contribution in [-0.4, -0.2) is 4.98 Å². The predicted molar refractivity (Wildman–Crippen MR) is 197 cm³/mol. The van der Waals surface area contributed by atoms with Gasteiger partial charge in [-0.3, -0.25) is 0 Å². The SMILES string of the molecule is c1ccc(-c2nc3ccc4cc(N(c5ccc6c(c5)sc5ccccc56)c5ccc6c(c5)sc5ccccc56)ccc4c3o2)cc1. The molecule has 0 fully saturated rings. The molecule has 10 aromatic rings. The first-order valence-electron chi connectivity index (χ1n) is 15.3. The van der Waals surface area contributed by atoms with Gasteiger partial charge >= 0.3 is 0 Å². The second kappa shape index (κ2) is 10.0. The van der Waals surface area contributed by atoms with Gasteiger partial charge in [0, 0.05) is 68.4 Å². The summed E-state index contributed by atoms with van der Waals surface area (Å²) in [6.45, 7) is 0. The Bertz CT molecular complexity index is 2660. The minimum Gasteiger partial charge on any atom is -0.435 e. The van der Waals surface area contributed by atoms with Gasteiger partial charge in [-0.05, 0) is 78.2 Å². The van der Waals surface area contributed by atoms with Crippen LogP contribution >= 0.6 is 22.7 Å². The van der Waals surface area contributed by atoms with E-state index in [0.29, 0.717) is 5.89 Å². The highest BCUT2D eigenvalue weighted by atomic mass is 32.1. The average Bonchev–Trinajstić information content (AvgIpc) is 3.82. The van der Waals surface area contributed by atoms with E-state index < -0.39 is 0 Å². The van der Waals surface area contributed by atoms with Crippen molar-refractivity contribution in [3.63, 3.8) is 0 Å². The number of rotatable bonds is 4. The van der Waals surface area contributed by atoms with Crippen LogP contribution in [0.25, 0.3) is 73.7 Å². The summed E-state index contributed by atoms with van der Waals surface area (Å²) in [6, 6.07) is 52.0. The number of aromatic nitrogens is 1. The standard InChI is InChI=1S/C41H24N2OS2/c1-2-8-25(9-3-1)41-42-35-21-14-26-22-27(15-18-30(26)40(35)44-41)43(28-16-19-33-31-10-4-6-12-36(31)45-38(33)23-28)29-17-20-34-32-11-5-7-13-37(32)46-39(34)24-29/h1-24H. The molecule has 46 heavy (non-hydrogen) atoms. The van der Waals surface area contributed by atoms with Crippen molar-refractivity contribution in [1.82, 2.24) is 4.98 Å². The van der Waals surface area contributed by atoms with E-state index in [0.717, 1.165) is 44.5 Å². The molecule has 0 saturated carbocycles. The molecular weight excluding hydrogens is 601 g/mol. The number of hydrogen-bond donors (Lipinski definition) is 0. The molecule has 3 nitrogen and oxygen atoms in total. The highest BCUT2D eigenvalue weighted by Gasteiger charge is 2.18. The molecule has 5 heteroatoms. The quantitative estimate of drug-likeness (QED) is 0.195. The van der Waals surface area contributed by atoms with Crippen LogP contribution in [0.1, 0.15) is 0 Å². The molecule has 3 aromatic heterocycles. The van der Waals surface area contributed by atoms with E-state index in [1.54, 1.807) is 0 Å². The maximum Gasteiger partial charge on any atom is 0.227 e. The van der Waals surface area contributed by atoms with Crippen molar-refractivity contribution in [2.45, 2.75) is 0 Å². The molecule has 0 spiro atoms. The second-order valence-corrected chi connectivity index (χ2v) is 13.8.